The molecular formula is C24H24ClN3O. The van der Waals surface area contributed by atoms with Crippen LogP contribution in [0.2, 0.25) is 5.02 Å². The number of nitrogens with zero attached hydrogens (tertiary/aromatic N) is 2. The van der Waals surface area contributed by atoms with Crippen molar-refractivity contribution in [2.75, 3.05) is 18.4 Å². The highest BCUT2D eigenvalue weighted by Crippen LogP contribution is 2.39. The molecule has 2 heterocycles. The fraction of sp³-hybridized carbons (Fsp3) is 0.250. The fourth-order valence-corrected chi connectivity index (χ4v) is 4.40. The summed E-state index contributed by atoms with van der Waals surface area (Å²) in [5.41, 5.74) is 4.77. The third kappa shape index (κ3) is 3.60. The standard InChI is InChI=1S/C24H24ClN3O/c1-4-23(29)28-11-10-24(15-28,20-6-5-7-21(25)17(20)3)27-19-9-8-18-12-16(2)14-26-22(18)13-19/h4-9,12-14,27H,1,10-11,15H2,2-3H3. The molecule has 148 valence electrons. The molecule has 5 heteroatoms. The summed E-state index contributed by atoms with van der Waals surface area (Å²) in [6, 6.07) is 14.3. The zero-order chi connectivity index (χ0) is 20.6. The lowest BCUT2D eigenvalue weighted by Crippen LogP contribution is -2.40. The largest absolute Gasteiger partial charge is 0.374 e. The molecule has 0 saturated carbocycles. The molecular weight excluding hydrogens is 382 g/mol. The minimum atomic E-state index is -0.425. The highest BCUT2D eigenvalue weighted by atomic mass is 35.5. The van der Waals surface area contributed by atoms with Gasteiger partial charge in [0.2, 0.25) is 5.91 Å². The number of anilines is 1. The van der Waals surface area contributed by atoms with Crippen molar-refractivity contribution < 1.29 is 4.79 Å². The van der Waals surface area contributed by atoms with Crippen LogP contribution in [0, 0.1) is 13.8 Å². The maximum atomic E-state index is 12.3. The minimum absolute atomic E-state index is 0.0518. The van der Waals surface area contributed by atoms with Crippen LogP contribution in [0.4, 0.5) is 5.69 Å². The zero-order valence-electron chi connectivity index (χ0n) is 16.7. The van der Waals surface area contributed by atoms with Gasteiger partial charge in [-0.2, -0.15) is 0 Å². The predicted octanol–water partition coefficient (Wildman–Crippen LogP) is 5.23. The summed E-state index contributed by atoms with van der Waals surface area (Å²) in [6.45, 7) is 8.93. The summed E-state index contributed by atoms with van der Waals surface area (Å²) in [7, 11) is 0. The van der Waals surface area contributed by atoms with Gasteiger partial charge in [-0.15, -0.1) is 0 Å². The van der Waals surface area contributed by atoms with Crippen LogP contribution < -0.4 is 5.32 Å². The van der Waals surface area contributed by atoms with Crippen molar-refractivity contribution in [3.8, 4) is 0 Å². The molecule has 29 heavy (non-hydrogen) atoms. The van der Waals surface area contributed by atoms with Crippen LogP contribution in [0.25, 0.3) is 10.9 Å². The van der Waals surface area contributed by atoms with Gasteiger partial charge < -0.3 is 10.2 Å². The summed E-state index contributed by atoms with van der Waals surface area (Å²) in [5, 5.41) is 5.57. The molecule has 1 N–H and O–H groups in total. The van der Waals surface area contributed by atoms with E-state index in [0.717, 1.165) is 44.7 Å². The van der Waals surface area contributed by atoms with Crippen molar-refractivity contribution in [1.29, 1.82) is 0 Å². The highest BCUT2D eigenvalue weighted by Gasteiger charge is 2.42. The van der Waals surface area contributed by atoms with Crippen LogP contribution in [0.1, 0.15) is 23.1 Å². The molecule has 1 unspecified atom stereocenters. The number of carbonyl (C=O) groups is 1. The first-order chi connectivity index (χ1) is 13.9. The molecule has 0 spiro atoms. The average molecular weight is 406 g/mol. The Morgan fingerprint density at radius 3 is 2.90 bits per heavy atom. The van der Waals surface area contributed by atoms with E-state index in [2.05, 4.69) is 47.2 Å². The Morgan fingerprint density at radius 1 is 1.28 bits per heavy atom. The predicted molar refractivity (Wildman–Crippen MR) is 119 cm³/mol. The number of aromatic nitrogens is 1. The summed E-state index contributed by atoms with van der Waals surface area (Å²) in [5.74, 6) is -0.0518. The van der Waals surface area contributed by atoms with Gasteiger partial charge in [-0.25, -0.2) is 0 Å². The number of hydrogen-bond acceptors (Lipinski definition) is 3. The van der Waals surface area contributed by atoms with Crippen LogP contribution in [-0.2, 0) is 10.3 Å². The van der Waals surface area contributed by atoms with Gasteiger partial charge in [0.15, 0.2) is 0 Å². The second kappa shape index (κ2) is 7.53. The monoisotopic (exact) mass is 405 g/mol. The van der Waals surface area contributed by atoms with Crippen LogP contribution in [0.15, 0.2) is 61.3 Å². The number of pyridine rings is 1. The molecule has 0 aliphatic carbocycles. The van der Waals surface area contributed by atoms with Crippen molar-refractivity contribution in [2.45, 2.75) is 25.8 Å². The third-order valence-electron chi connectivity index (χ3n) is 5.74. The molecule has 1 atom stereocenters. The lowest BCUT2D eigenvalue weighted by molar-refractivity contribution is -0.125. The van der Waals surface area contributed by atoms with Crippen LogP contribution in [-0.4, -0.2) is 28.9 Å². The number of benzene rings is 2. The van der Waals surface area contributed by atoms with Crippen molar-refractivity contribution in [3.05, 3.63) is 83.0 Å². The van der Waals surface area contributed by atoms with Crippen molar-refractivity contribution in [1.82, 2.24) is 9.88 Å². The first kappa shape index (κ1) is 19.5. The molecule has 4 nitrogen and oxygen atoms in total. The molecule has 1 amide bonds. The van der Waals surface area contributed by atoms with Gasteiger partial charge in [0.25, 0.3) is 0 Å². The van der Waals surface area contributed by atoms with Gasteiger partial charge in [0, 0.05) is 35.4 Å². The Balaban J connectivity index is 1.77. The quantitative estimate of drug-likeness (QED) is 0.604. The molecule has 0 bridgehead atoms. The lowest BCUT2D eigenvalue weighted by atomic mass is 9.85. The van der Waals surface area contributed by atoms with Crippen LogP contribution in [0.3, 0.4) is 0 Å². The molecule has 1 saturated heterocycles. The van der Waals surface area contributed by atoms with Crippen molar-refractivity contribution in [2.24, 2.45) is 0 Å². The summed E-state index contributed by atoms with van der Waals surface area (Å²) in [4.78, 5) is 18.7. The topological polar surface area (TPSA) is 45.2 Å². The van der Waals surface area contributed by atoms with E-state index in [-0.39, 0.29) is 5.91 Å². The molecule has 2 aromatic carbocycles. The molecule has 1 fully saturated rings. The van der Waals surface area contributed by atoms with Crippen molar-refractivity contribution >= 4 is 34.1 Å². The van der Waals surface area contributed by atoms with Gasteiger partial charge in [0.1, 0.15) is 0 Å². The molecule has 0 radical (unpaired) electrons. The van der Waals surface area contributed by atoms with Crippen LogP contribution in [0.5, 0.6) is 0 Å². The number of aryl methyl sites for hydroxylation is 1. The van der Waals surface area contributed by atoms with E-state index in [1.54, 1.807) is 0 Å². The van der Waals surface area contributed by atoms with E-state index >= 15 is 0 Å². The van der Waals surface area contributed by atoms with Gasteiger partial charge in [0.05, 0.1) is 11.1 Å². The third-order valence-corrected chi connectivity index (χ3v) is 6.15. The number of amides is 1. The average Bonchev–Trinajstić information content (AvgIpc) is 3.14. The highest BCUT2D eigenvalue weighted by molar-refractivity contribution is 6.31. The second-order valence-electron chi connectivity index (χ2n) is 7.75. The number of carbonyl (C=O) groups excluding carboxylic acids is 1. The summed E-state index contributed by atoms with van der Waals surface area (Å²) in [6.07, 6.45) is 4.04. The Labute approximate surface area is 176 Å². The number of fused-ring (bicyclic) bond motifs is 1. The molecule has 1 aromatic heterocycles. The van der Waals surface area contributed by atoms with E-state index in [0.29, 0.717) is 13.1 Å². The Morgan fingerprint density at radius 2 is 2.10 bits per heavy atom. The summed E-state index contributed by atoms with van der Waals surface area (Å²) < 4.78 is 0. The number of hydrogen-bond donors (Lipinski definition) is 1. The Bertz CT molecular complexity index is 1110. The van der Waals surface area contributed by atoms with Gasteiger partial charge in [-0.05, 0) is 67.3 Å². The van der Waals surface area contributed by atoms with Crippen LogP contribution >= 0.6 is 11.6 Å². The van der Waals surface area contributed by atoms with Gasteiger partial charge in [-0.3, -0.25) is 9.78 Å². The Hall–Kier alpha value is -2.85. The van der Waals surface area contributed by atoms with Crippen molar-refractivity contribution in [3.63, 3.8) is 0 Å². The van der Waals surface area contributed by atoms with Gasteiger partial charge >= 0.3 is 0 Å². The smallest absolute Gasteiger partial charge is 0.246 e. The summed E-state index contributed by atoms with van der Waals surface area (Å²) >= 11 is 6.44. The number of nitrogens with one attached hydrogen (secondary N) is 1. The first-order valence-corrected chi connectivity index (χ1v) is 10.1. The molecule has 1 aliphatic heterocycles. The second-order valence-corrected chi connectivity index (χ2v) is 8.16. The van der Waals surface area contributed by atoms with E-state index in [1.165, 1.54) is 6.08 Å². The Kier molecular flexibility index (Phi) is 5.05. The SMILES string of the molecule is C=CC(=O)N1CCC(Nc2ccc3cc(C)cnc3c2)(c2cccc(Cl)c2C)C1. The number of halogens is 1. The van der Waals surface area contributed by atoms with E-state index in [9.17, 15) is 4.79 Å². The maximum Gasteiger partial charge on any atom is 0.246 e. The number of likely N-dealkylation sites (tertiary alicyclic amines) is 1. The zero-order valence-corrected chi connectivity index (χ0v) is 17.5. The molecule has 3 aromatic rings. The normalized spacial score (nSPS) is 18.8. The molecule has 4 rings (SSSR count). The number of rotatable bonds is 4. The lowest BCUT2D eigenvalue weighted by Gasteiger charge is -2.34. The van der Waals surface area contributed by atoms with Gasteiger partial charge in [-0.1, -0.05) is 36.4 Å². The fourth-order valence-electron chi connectivity index (χ4n) is 4.23. The maximum absolute atomic E-state index is 12.3. The minimum Gasteiger partial charge on any atom is -0.374 e. The van der Waals surface area contributed by atoms with E-state index < -0.39 is 5.54 Å². The van der Waals surface area contributed by atoms with E-state index in [4.69, 9.17) is 11.6 Å². The first-order valence-electron chi connectivity index (χ1n) is 9.73. The van der Waals surface area contributed by atoms with E-state index in [1.807, 2.05) is 37.1 Å². The molecule has 1 aliphatic rings.